The van der Waals surface area contributed by atoms with E-state index in [0.29, 0.717) is 0 Å². The van der Waals surface area contributed by atoms with Crippen LogP contribution in [0.25, 0.3) is 0 Å². The molecule has 7 heteroatoms. The summed E-state index contributed by atoms with van der Waals surface area (Å²) < 4.78 is 23.3. The van der Waals surface area contributed by atoms with E-state index in [1.54, 1.807) is 12.1 Å². The number of ether oxygens (including phenoxy) is 2. The van der Waals surface area contributed by atoms with E-state index in [1.165, 1.54) is 12.1 Å². The molecule has 1 saturated heterocycles. The van der Waals surface area contributed by atoms with Gasteiger partial charge in [-0.05, 0) is 6.07 Å². The number of hydrogen-bond donors (Lipinski definition) is 4. The fourth-order valence-electron chi connectivity index (χ4n) is 2.02. The van der Waals surface area contributed by atoms with E-state index >= 15 is 0 Å². The van der Waals surface area contributed by atoms with E-state index in [-0.39, 0.29) is 11.3 Å². The monoisotopic (exact) mass is 288 g/mol. The van der Waals surface area contributed by atoms with Crippen LogP contribution in [0.5, 0.6) is 5.75 Å². The smallest absolute Gasteiger partial charge is 0.229 e. The van der Waals surface area contributed by atoms with Gasteiger partial charge in [0.05, 0.1) is 6.61 Å². The minimum absolute atomic E-state index is 0.166. The van der Waals surface area contributed by atoms with Crippen LogP contribution in [0.2, 0.25) is 0 Å². The van der Waals surface area contributed by atoms with Gasteiger partial charge in [-0.3, -0.25) is 0 Å². The van der Waals surface area contributed by atoms with Crippen LogP contribution in [0.15, 0.2) is 24.3 Å². The second-order valence-electron chi connectivity index (χ2n) is 4.56. The van der Waals surface area contributed by atoms with Gasteiger partial charge in [0.2, 0.25) is 6.29 Å². The van der Waals surface area contributed by atoms with E-state index in [0.717, 1.165) is 0 Å². The Morgan fingerprint density at radius 3 is 2.45 bits per heavy atom. The number of halogens is 1. The Bertz CT molecular complexity index is 441. The molecule has 1 aliphatic rings. The minimum atomic E-state index is -1.52. The number of aliphatic hydroxyl groups excluding tert-OH is 4. The predicted molar refractivity (Wildman–Crippen MR) is 65.6 cm³/mol. The number of alkyl halides is 1. The molecule has 1 aliphatic heterocycles. The maximum atomic E-state index is 12.8. The summed E-state index contributed by atoms with van der Waals surface area (Å²) in [4.78, 5) is 0. The zero-order valence-corrected chi connectivity index (χ0v) is 10.6. The summed E-state index contributed by atoms with van der Waals surface area (Å²) in [5.41, 5.74) is 0.268. The van der Waals surface area contributed by atoms with E-state index < -0.39 is 44.0 Å². The van der Waals surface area contributed by atoms with Crippen molar-refractivity contribution in [2.24, 2.45) is 0 Å². The quantitative estimate of drug-likeness (QED) is 0.587. The average molecular weight is 288 g/mol. The first-order valence-corrected chi connectivity index (χ1v) is 6.19. The largest absolute Gasteiger partial charge is 0.462 e. The normalized spacial score (nSPS) is 34.0. The number of hydrogen-bond acceptors (Lipinski definition) is 6. The first-order chi connectivity index (χ1) is 9.58. The Labute approximate surface area is 115 Å². The number of benzene rings is 1. The number of para-hydroxylation sites is 1. The Hall–Kier alpha value is -1.25. The van der Waals surface area contributed by atoms with E-state index in [4.69, 9.17) is 14.6 Å². The Morgan fingerprint density at radius 1 is 1.10 bits per heavy atom. The molecule has 112 valence electrons. The van der Waals surface area contributed by atoms with Crippen LogP contribution >= 0.6 is 0 Å². The first kappa shape index (κ1) is 15.1. The molecule has 5 atom stereocenters. The SMILES string of the molecule is OCC1O[C@@H](Oc2ccccc2CF)C(O)[C@@H](O)[C@H]1O. The van der Waals surface area contributed by atoms with Gasteiger partial charge in [0.15, 0.2) is 0 Å². The zero-order valence-electron chi connectivity index (χ0n) is 10.6. The molecule has 20 heavy (non-hydrogen) atoms. The van der Waals surface area contributed by atoms with Gasteiger partial charge in [-0.2, -0.15) is 0 Å². The highest BCUT2D eigenvalue weighted by Gasteiger charge is 2.44. The molecule has 0 aromatic heterocycles. The second-order valence-corrected chi connectivity index (χ2v) is 4.56. The van der Waals surface area contributed by atoms with Crippen molar-refractivity contribution >= 4 is 0 Å². The van der Waals surface area contributed by atoms with Crippen LogP contribution in [-0.2, 0) is 11.4 Å². The van der Waals surface area contributed by atoms with Gasteiger partial charge in [-0.1, -0.05) is 18.2 Å². The van der Waals surface area contributed by atoms with Gasteiger partial charge < -0.3 is 29.9 Å². The molecule has 1 heterocycles. The highest BCUT2D eigenvalue weighted by atomic mass is 19.1. The molecule has 0 radical (unpaired) electrons. The van der Waals surface area contributed by atoms with Crippen LogP contribution in [0.1, 0.15) is 5.56 Å². The Morgan fingerprint density at radius 2 is 1.80 bits per heavy atom. The van der Waals surface area contributed by atoms with Crippen LogP contribution in [0.3, 0.4) is 0 Å². The van der Waals surface area contributed by atoms with E-state index in [2.05, 4.69) is 0 Å². The maximum Gasteiger partial charge on any atom is 0.229 e. The van der Waals surface area contributed by atoms with Gasteiger partial charge in [-0.25, -0.2) is 4.39 Å². The molecule has 1 aromatic rings. The van der Waals surface area contributed by atoms with Crippen molar-refractivity contribution < 1.29 is 34.3 Å². The van der Waals surface area contributed by atoms with Gasteiger partial charge in [0.25, 0.3) is 0 Å². The maximum absolute atomic E-state index is 12.8. The number of rotatable bonds is 4. The molecule has 2 unspecified atom stereocenters. The summed E-state index contributed by atoms with van der Waals surface area (Å²) in [7, 11) is 0. The summed E-state index contributed by atoms with van der Waals surface area (Å²) in [5.74, 6) is 0.166. The van der Waals surface area contributed by atoms with Crippen molar-refractivity contribution in [3.63, 3.8) is 0 Å². The lowest BCUT2D eigenvalue weighted by atomic mass is 9.99. The molecule has 1 fully saturated rings. The fraction of sp³-hybridized carbons (Fsp3) is 0.538. The third-order valence-corrected chi connectivity index (χ3v) is 3.21. The summed E-state index contributed by atoms with van der Waals surface area (Å²) in [6.07, 6.45) is -6.86. The van der Waals surface area contributed by atoms with Crippen LogP contribution in [0, 0.1) is 0 Å². The van der Waals surface area contributed by atoms with Crippen LogP contribution in [0.4, 0.5) is 4.39 Å². The van der Waals surface area contributed by atoms with Gasteiger partial charge in [-0.15, -0.1) is 0 Å². The topological polar surface area (TPSA) is 99.4 Å². The first-order valence-electron chi connectivity index (χ1n) is 6.19. The van der Waals surface area contributed by atoms with E-state index in [1.807, 2.05) is 0 Å². The fourth-order valence-corrected chi connectivity index (χ4v) is 2.02. The van der Waals surface area contributed by atoms with Gasteiger partial charge in [0.1, 0.15) is 36.8 Å². The molecule has 0 spiro atoms. The molecule has 2 rings (SSSR count). The lowest BCUT2D eigenvalue weighted by molar-refractivity contribution is -0.277. The predicted octanol–water partition coefficient (Wildman–Crippen LogP) is -0.665. The van der Waals surface area contributed by atoms with Crippen molar-refractivity contribution in [3.05, 3.63) is 29.8 Å². The molecular formula is C13H17FO6. The third kappa shape index (κ3) is 2.92. The standard InChI is InChI=1S/C13H17FO6/c14-5-7-3-1-2-4-8(7)19-13-12(18)11(17)10(16)9(6-15)20-13/h1-4,9-13,15-18H,5-6H2/t9?,10-,11-,12?,13+/m0/s1. The molecule has 0 saturated carbocycles. The molecular weight excluding hydrogens is 271 g/mol. The Balaban J connectivity index is 2.15. The summed E-state index contributed by atoms with van der Waals surface area (Å²) >= 11 is 0. The molecule has 1 aromatic carbocycles. The van der Waals surface area contributed by atoms with Gasteiger partial charge in [0, 0.05) is 5.56 Å². The lowest BCUT2D eigenvalue weighted by Gasteiger charge is -2.39. The molecule has 4 N–H and O–H groups in total. The summed E-state index contributed by atoms with van der Waals surface area (Å²) in [6, 6.07) is 6.27. The molecule has 6 nitrogen and oxygen atoms in total. The molecule has 0 bridgehead atoms. The highest BCUT2D eigenvalue weighted by molar-refractivity contribution is 5.32. The number of aliphatic hydroxyl groups is 4. The van der Waals surface area contributed by atoms with Crippen molar-refractivity contribution in [3.8, 4) is 5.75 Å². The van der Waals surface area contributed by atoms with Crippen LogP contribution in [-0.4, -0.2) is 57.7 Å². The summed E-state index contributed by atoms with van der Waals surface area (Å²) in [6.45, 7) is -1.30. The third-order valence-electron chi connectivity index (χ3n) is 3.21. The van der Waals surface area contributed by atoms with Crippen molar-refractivity contribution in [2.75, 3.05) is 6.61 Å². The Kier molecular flexibility index (Phi) is 4.90. The van der Waals surface area contributed by atoms with Crippen molar-refractivity contribution in [2.45, 2.75) is 37.4 Å². The highest BCUT2D eigenvalue weighted by Crippen LogP contribution is 2.26. The van der Waals surface area contributed by atoms with Crippen molar-refractivity contribution in [1.29, 1.82) is 0 Å². The van der Waals surface area contributed by atoms with Gasteiger partial charge >= 0.3 is 0 Å². The van der Waals surface area contributed by atoms with E-state index in [9.17, 15) is 19.7 Å². The van der Waals surface area contributed by atoms with Crippen molar-refractivity contribution in [1.82, 2.24) is 0 Å². The molecule has 0 aliphatic carbocycles. The lowest BCUT2D eigenvalue weighted by Crippen LogP contribution is -2.60. The zero-order chi connectivity index (χ0) is 14.7. The second kappa shape index (κ2) is 6.47. The summed E-state index contributed by atoms with van der Waals surface area (Å²) in [5, 5.41) is 38.1. The van der Waals surface area contributed by atoms with Crippen LogP contribution < -0.4 is 4.74 Å². The average Bonchev–Trinajstić information content (AvgIpc) is 2.48. The molecule has 0 amide bonds. The minimum Gasteiger partial charge on any atom is -0.462 e.